The number of anilines is 2. The summed E-state index contributed by atoms with van der Waals surface area (Å²) in [5.41, 5.74) is 2.05. The number of rotatable bonds is 6. The lowest BCUT2D eigenvalue weighted by Crippen LogP contribution is -2.44. The largest absolute Gasteiger partial charge is 0.497 e. The van der Waals surface area contributed by atoms with Gasteiger partial charge in [0.15, 0.2) is 0 Å². The second-order valence-electron chi connectivity index (χ2n) is 6.35. The third kappa shape index (κ3) is 5.16. The van der Waals surface area contributed by atoms with Gasteiger partial charge in [-0.2, -0.15) is 0 Å². The summed E-state index contributed by atoms with van der Waals surface area (Å²) in [4.78, 5) is 17.9. The molecule has 0 unspecified atom stereocenters. The van der Waals surface area contributed by atoms with Crippen LogP contribution in [0.1, 0.15) is 0 Å². The summed E-state index contributed by atoms with van der Waals surface area (Å²) in [6.07, 6.45) is 0. The first-order chi connectivity index (χ1) is 12.6. The number of amides is 1. The molecule has 26 heavy (non-hydrogen) atoms. The number of nitrogens with one attached hydrogen (secondary N) is 1. The molecule has 1 fully saturated rings. The molecule has 0 radical (unpaired) electrons. The Morgan fingerprint density at radius 2 is 1.69 bits per heavy atom. The molecular formula is C20H25N3O2S. The molecule has 3 rings (SSSR count). The highest BCUT2D eigenvalue weighted by atomic mass is 32.2. The summed E-state index contributed by atoms with van der Waals surface area (Å²) in [6, 6.07) is 15.8. The number of likely N-dealkylation sites (N-methyl/N-ethyl adjacent to an activating group) is 1. The summed E-state index contributed by atoms with van der Waals surface area (Å²) < 4.78 is 5.14. The molecule has 1 amide bonds. The van der Waals surface area contributed by atoms with E-state index in [9.17, 15) is 4.79 Å². The third-order valence-electron chi connectivity index (χ3n) is 4.45. The van der Waals surface area contributed by atoms with Crippen molar-refractivity contribution in [2.75, 3.05) is 56.3 Å². The Bertz CT molecular complexity index is 711. The molecule has 0 spiro atoms. The predicted molar refractivity (Wildman–Crippen MR) is 108 cm³/mol. The number of nitrogens with zero attached hydrogens (tertiary/aromatic N) is 2. The Morgan fingerprint density at radius 1 is 1.04 bits per heavy atom. The van der Waals surface area contributed by atoms with E-state index in [-0.39, 0.29) is 5.91 Å². The number of hydrogen-bond donors (Lipinski definition) is 1. The van der Waals surface area contributed by atoms with E-state index in [4.69, 9.17) is 4.74 Å². The van der Waals surface area contributed by atoms with Crippen LogP contribution in [0.3, 0.4) is 0 Å². The van der Waals surface area contributed by atoms with Gasteiger partial charge < -0.3 is 19.9 Å². The van der Waals surface area contributed by atoms with Gasteiger partial charge in [0.2, 0.25) is 5.91 Å². The molecule has 138 valence electrons. The maximum Gasteiger partial charge on any atom is 0.234 e. The lowest BCUT2D eigenvalue weighted by molar-refractivity contribution is -0.113. The molecule has 0 aromatic heterocycles. The highest BCUT2D eigenvalue weighted by Gasteiger charge is 2.14. The van der Waals surface area contributed by atoms with Crippen molar-refractivity contribution < 1.29 is 9.53 Å². The third-order valence-corrected chi connectivity index (χ3v) is 5.46. The predicted octanol–water partition coefficient (Wildman–Crippen LogP) is 3.18. The van der Waals surface area contributed by atoms with Crippen LogP contribution in [-0.4, -0.2) is 56.9 Å². The summed E-state index contributed by atoms with van der Waals surface area (Å²) in [5.74, 6) is 1.20. The van der Waals surface area contributed by atoms with E-state index in [1.807, 2.05) is 36.4 Å². The molecule has 0 atom stereocenters. The van der Waals surface area contributed by atoms with Gasteiger partial charge in [-0.25, -0.2) is 0 Å². The minimum absolute atomic E-state index is 0.00170. The maximum atomic E-state index is 12.2. The molecule has 2 aromatic carbocycles. The molecule has 1 N–H and O–H groups in total. The average Bonchev–Trinajstić information content (AvgIpc) is 2.68. The van der Waals surface area contributed by atoms with Crippen LogP contribution >= 0.6 is 11.8 Å². The van der Waals surface area contributed by atoms with Gasteiger partial charge in [-0.1, -0.05) is 0 Å². The molecule has 1 aliphatic rings. The summed E-state index contributed by atoms with van der Waals surface area (Å²) in [7, 11) is 3.80. The Hall–Kier alpha value is -2.18. The minimum Gasteiger partial charge on any atom is -0.497 e. The zero-order chi connectivity index (χ0) is 18.4. The molecular weight excluding hydrogens is 346 g/mol. The first kappa shape index (κ1) is 18.6. The number of piperazine rings is 1. The summed E-state index contributed by atoms with van der Waals surface area (Å²) in [5, 5.41) is 2.96. The number of methoxy groups -OCH3 is 1. The standard InChI is InChI=1S/C20H25N3O2S/c1-22-11-13-23(14-12-22)17-5-3-16(4-6-17)21-20(24)15-26-19-9-7-18(25-2)8-10-19/h3-10H,11-15H2,1-2H3,(H,21,24). The molecule has 6 heteroatoms. The normalized spacial score (nSPS) is 14.9. The topological polar surface area (TPSA) is 44.8 Å². The van der Waals surface area contributed by atoms with Crippen molar-refractivity contribution in [1.29, 1.82) is 0 Å². The van der Waals surface area contributed by atoms with Crippen LogP contribution in [0.25, 0.3) is 0 Å². The number of carbonyl (C=O) groups excluding carboxylic acids is 1. The Labute approximate surface area is 159 Å². The lowest BCUT2D eigenvalue weighted by atomic mass is 10.2. The lowest BCUT2D eigenvalue weighted by Gasteiger charge is -2.34. The van der Waals surface area contributed by atoms with Crippen LogP contribution in [0.15, 0.2) is 53.4 Å². The average molecular weight is 372 g/mol. The second kappa shape index (κ2) is 8.96. The number of ether oxygens (including phenoxy) is 1. The van der Waals surface area contributed by atoms with Crippen LogP contribution in [0.5, 0.6) is 5.75 Å². The zero-order valence-corrected chi connectivity index (χ0v) is 16.1. The van der Waals surface area contributed by atoms with E-state index in [1.54, 1.807) is 7.11 Å². The van der Waals surface area contributed by atoms with E-state index >= 15 is 0 Å². The molecule has 0 bridgehead atoms. The fourth-order valence-electron chi connectivity index (χ4n) is 2.84. The van der Waals surface area contributed by atoms with Crippen molar-refractivity contribution in [1.82, 2.24) is 4.90 Å². The van der Waals surface area contributed by atoms with Crippen molar-refractivity contribution >= 4 is 29.0 Å². The first-order valence-electron chi connectivity index (χ1n) is 8.74. The highest BCUT2D eigenvalue weighted by Crippen LogP contribution is 2.22. The van der Waals surface area contributed by atoms with Crippen LogP contribution in [0.2, 0.25) is 0 Å². The van der Waals surface area contributed by atoms with Crippen LogP contribution < -0.4 is 15.0 Å². The van der Waals surface area contributed by atoms with Gasteiger partial charge in [0.1, 0.15) is 5.75 Å². The smallest absolute Gasteiger partial charge is 0.234 e. The van der Waals surface area contributed by atoms with E-state index in [2.05, 4.69) is 34.3 Å². The number of thioether (sulfide) groups is 1. The Morgan fingerprint density at radius 3 is 2.31 bits per heavy atom. The number of hydrogen-bond acceptors (Lipinski definition) is 5. The van der Waals surface area contributed by atoms with Gasteiger partial charge in [-0.15, -0.1) is 11.8 Å². The van der Waals surface area contributed by atoms with Crippen molar-refractivity contribution in [3.8, 4) is 5.75 Å². The molecule has 1 saturated heterocycles. The summed E-state index contributed by atoms with van der Waals surface area (Å²) >= 11 is 1.51. The van der Waals surface area contributed by atoms with Gasteiger partial charge >= 0.3 is 0 Å². The van der Waals surface area contributed by atoms with Gasteiger partial charge in [0, 0.05) is 42.4 Å². The molecule has 1 aliphatic heterocycles. The fourth-order valence-corrected chi connectivity index (χ4v) is 3.54. The second-order valence-corrected chi connectivity index (χ2v) is 7.40. The van der Waals surface area contributed by atoms with Crippen LogP contribution in [0.4, 0.5) is 11.4 Å². The minimum atomic E-state index is -0.00170. The quantitative estimate of drug-likeness (QED) is 0.790. The van der Waals surface area contributed by atoms with E-state index in [0.29, 0.717) is 5.75 Å². The SMILES string of the molecule is COc1ccc(SCC(=O)Nc2ccc(N3CCN(C)CC3)cc2)cc1. The van der Waals surface area contributed by atoms with Crippen LogP contribution in [-0.2, 0) is 4.79 Å². The fraction of sp³-hybridized carbons (Fsp3) is 0.350. The first-order valence-corrected chi connectivity index (χ1v) is 9.73. The van der Waals surface area contributed by atoms with E-state index < -0.39 is 0 Å². The monoisotopic (exact) mass is 371 g/mol. The number of carbonyl (C=O) groups is 1. The van der Waals surface area contributed by atoms with Gasteiger partial charge in [0.25, 0.3) is 0 Å². The molecule has 1 heterocycles. The number of benzene rings is 2. The van der Waals surface area contributed by atoms with Gasteiger partial charge in [0.05, 0.1) is 12.9 Å². The highest BCUT2D eigenvalue weighted by molar-refractivity contribution is 8.00. The molecule has 0 saturated carbocycles. The zero-order valence-electron chi connectivity index (χ0n) is 15.3. The molecule has 5 nitrogen and oxygen atoms in total. The van der Waals surface area contributed by atoms with Crippen molar-refractivity contribution in [2.45, 2.75) is 4.90 Å². The van der Waals surface area contributed by atoms with Gasteiger partial charge in [-0.05, 0) is 55.6 Å². The maximum absolute atomic E-state index is 12.2. The van der Waals surface area contributed by atoms with Gasteiger partial charge in [-0.3, -0.25) is 4.79 Å². The molecule has 2 aromatic rings. The van der Waals surface area contributed by atoms with Crippen molar-refractivity contribution in [3.63, 3.8) is 0 Å². The van der Waals surface area contributed by atoms with E-state index in [1.165, 1.54) is 17.4 Å². The van der Waals surface area contributed by atoms with Crippen LogP contribution in [0, 0.1) is 0 Å². The van der Waals surface area contributed by atoms with Crippen molar-refractivity contribution in [2.24, 2.45) is 0 Å². The van der Waals surface area contributed by atoms with E-state index in [0.717, 1.165) is 42.5 Å². The Kier molecular flexibility index (Phi) is 6.41. The summed E-state index contributed by atoms with van der Waals surface area (Å²) in [6.45, 7) is 4.25. The van der Waals surface area contributed by atoms with Crippen molar-refractivity contribution in [3.05, 3.63) is 48.5 Å². The Balaban J connectivity index is 1.47. The molecule has 0 aliphatic carbocycles.